The monoisotopic (exact) mass is 356 g/mol. The fraction of sp³-hybridized carbons (Fsp3) is 0.444. The predicted octanol–water partition coefficient (Wildman–Crippen LogP) is 2.23. The lowest BCUT2D eigenvalue weighted by molar-refractivity contribution is -0.128. The minimum atomic E-state index is -0.438. The molecule has 8 nitrogen and oxygen atoms in total. The Hall–Kier alpha value is -2.74. The lowest BCUT2D eigenvalue weighted by Crippen LogP contribution is -2.25. The van der Waals surface area contributed by atoms with E-state index in [1.165, 1.54) is 12.8 Å². The van der Waals surface area contributed by atoms with Gasteiger partial charge in [-0.15, -0.1) is 0 Å². The van der Waals surface area contributed by atoms with Crippen LogP contribution in [0.25, 0.3) is 11.4 Å². The molecule has 3 rings (SSSR count). The van der Waals surface area contributed by atoms with Crippen LogP contribution >= 0.6 is 0 Å². The number of nitrogens with zero attached hydrogens (tertiary/aromatic N) is 4. The Morgan fingerprint density at radius 3 is 2.69 bits per heavy atom. The molecule has 138 valence electrons. The van der Waals surface area contributed by atoms with Gasteiger partial charge in [-0.1, -0.05) is 12.8 Å². The number of anilines is 2. The van der Waals surface area contributed by atoms with Gasteiger partial charge in [0.05, 0.1) is 0 Å². The summed E-state index contributed by atoms with van der Waals surface area (Å²) >= 11 is 0. The molecule has 0 unspecified atom stereocenters. The van der Waals surface area contributed by atoms with Crippen LogP contribution in [0.2, 0.25) is 0 Å². The Morgan fingerprint density at radius 2 is 2.00 bits per heavy atom. The van der Waals surface area contributed by atoms with Gasteiger partial charge in [-0.2, -0.15) is 0 Å². The number of carbonyl (C=O) groups is 1. The van der Waals surface area contributed by atoms with Gasteiger partial charge in [0.2, 0.25) is 5.91 Å². The van der Waals surface area contributed by atoms with E-state index in [-0.39, 0.29) is 6.42 Å². The largest absolute Gasteiger partial charge is 0.369 e. The van der Waals surface area contributed by atoms with E-state index in [0.29, 0.717) is 18.2 Å². The van der Waals surface area contributed by atoms with Crippen LogP contribution < -0.4 is 15.7 Å². The summed E-state index contributed by atoms with van der Waals surface area (Å²) in [6, 6.07) is 5.70. The highest BCUT2D eigenvalue weighted by Gasteiger charge is 2.15. The molecule has 3 heterocycles. The molecule has 0 bridgehead atoms. The van der Waals surface area contributed by atoms with Crippen molar-refractivity contribution in [3.63, 3.8) is 0 Å². The number of hydroxylamine groups is 1. The molecule has 0 saturated carbocycles. The molecule has 2 aromatic heterocycles. The number of aromatic nitrogens is 3. The van der Waals surface area contributed by atoms with Crippen LogP contribution in [0.1, 0.15) is 32.1 Å². The second kappa shape index (κ2) is 9.10. The SMILES string of the molecule is O=C(CCNc1cc(N2CCCCCC2)nc(-c2cccnc2)n1)NO. The van der Waals surface area contributed by atoms with Crippen molar-refractivity contribution < 1.29 is 10.0 Å². The minimum Gasteiger partial charge on any atom is -0.369 e. The van der Waals surface area contributed by atoms with Crippen molar-refractivity contribution in [2.24, 2.45) is 0 Å². The molecule has 0 spiro atoms. The second-order valence-electron chi connectivity index (χ2n) is 6.29. The van der Waals surface area contributed by atoms with Crippen molar-refractivity contribution >= 4 is 17.5 Å². The summed E-state index contributed by atoms with van der Waals surface area (Å²) in [5.74, 6) is 1.71. The van der Waals surface area contributed by atoms with E-state index in [1.807, 2.05) is 18.2 Å². The van der Waals surface area contributed by atoms with Crippen LogP contribution in [0.5, 0.6) is 0 Å². The fourth-order valence-corrected chi connectivity index (χ4v) is 2.97. The highest BCUT2D eigenvalue weighted by atomic mass is 16.5. The van der Waals surface area contributed by atoms with E-state index in [9.17, 15) is 4.79 Å². The van der Waals surface area contributed by atoms with Crippen molar-refractivity contribution in [1.29, 1.82) is 0 Å². The maximum atomic E-state index is 11.2. The van der Waals surface area contributed by atoms with E-state index in [4.69, 9.17) is 10.2 Å². The van der Waals surface area contributed by atoms with E-state index in [1.54, 1.807) is 17.9 Å². The minimum absolute atomic E-state index is 0.155. The van der Waals surface area contributed by atoms with Gasteiger partial charge in [0.15, 0.2) is 5.82 Å². The van der Waals surface area contributed by atoms with Crippen LogP contribution in [-0.4, -0.2) is 45.7 Å². The van der Waals surface area contributed by atoms with Gasteiger partial charge in [0, 0.05) is 50.1 Å². The van der Waals surface area contributed by atoms with Gasteiger partial charge < -0.3 is 10.2 Å². The zero-order valence-corrected chi connectivity index (χ0v) is 14.7. The average molecular weight is 356 g/mol. The third-order valence-corrected chi connectivity index (χ3v) is 4.35. The second-order valence-corrected chi connectivity index (χ2v) is 6.29. The molecule has 0 aliphatic carbocycles. The summed E-state index contributed by atoms with van der Waals surface area (Å²) in [5.41, 5.74) is 2.48. The third-order valence-electron chi connectivity index (χ3n) is 4.35. The lowest BCUT2D eigenvalue weighted by atomic mass is 10.2. The van der Waals surface area contributed by atoms with Crippen molar-refractivity contribution in [2.75, 3.05) is 29.9 Å². The molecular formula is C18H24N6O2. The van der Waals surface area contributed by atoms with Gasteiger partial charge in [0.25, 0.3) is 0 Å². The molecule has 1 amide bonds. The third kappa shape index (κ3) is 4.89. The highest BCUT2D eigenvalue weighted by Crippen LogP contribution is 2.24. The molecule has 1 aliphatic heterocycles. The lowest BCUT2D eigenvalue weighted by Gasteiger charge is -2.22. The zero-order valence-electron chi connectivity index (χ0n) is 14.7. The standard InChI is InChI=1S/C18H24N6O2/c25-17(23-26)7-9-20-15-12-16(24-10-3-1-2-4-11-24)22-18(21-15)14-6-5-8-19-13-14/h5-6,8,12-13,26H,1-4,7,9-11H2,(H,23,25)(H,20,21,22). The van der Waals surface area contributed by atoms with Crippen molar-refractivity contribution in [1.82, 2.24) is 20.4 Å². The summed E-state index contributed by atoms with van der Waals surface area (Å²) in [5, 5.41) is 11.7. The van der Waals surface area contributed by atoms with E-state index < -0.39 is 5.91 Å². The molecule has 1 saturated heterocycles. The van der Waals surface area contributed by atoms with Crippen LogP contribution in [-0.2, 0) is 4.79 Å². The van der Waals surface area contributed by atoms with Gasteiger partial charge >= 0.3 is 0 Å². The molecule has 0 aromatic carbocycles. The first-order valence-corrected chi connectivity index (χ1v) is 8.97. The Kier molecular flexibility index (Phi) is 6.32. The predicted molar refractivity (Wildman–Crippen MR) is 99.0 cm³/mol. The smallest absolute Gasteiger partial charge is 0.245 e. The first-order valence-electron chi connectivity index (χ1n) is 8.97. The normalized spacial score (nSPS) is 14.6. The number of carbonyl (C=O) groups excluding carboxylic acids is 1. The maximum Gasteiger partial charge on any atom is 0.245 e. The number of amides is 1. The van der Waals surface area contributed by atoms with Crippen LogP contribution in [0.15, 0.2) is 30.6 Å². The Balaban J connectivity index is 1.85. The summed E-state index contributed by atoms with van der Waals surface area (Å²) in [7, 11) is 0. The number of hydrogen-bond donors (Lipinski definition) is 3. The molecule has 0 radical (unpaired) electrons. The molecule has 0 atom stereocenters. The highest BCUT2D eigenvalue weighted by molar-refractivity contribution is 5.75. The van der Waals surface area contributed by atoms with Crippen LogP contribution in [0, 0.1) is 0 Å². The van der Waals surface area contributed by atoms with Crippen molar-refractivity contribution in [3.8, 4) is 11.4 Å². The molecule has 3 N–H and O–H groups in total. The summed E-state index contributed by atoms with van der Waals surface area (Å²) in [6.07, 6.45) is 8.43. The van der Waals surface area contributed by atoms with Crippen molar-refractivity contribution in [2.45, 2.75) is 32.1 Å². The van der Waals surface area contributed by atoms with Gasteiger partial charge in [0.1, 0.15) is 11.6 Å². The van der Waals surface area contributed by atoms with Crippen molar-refractivity contribution in [3.05, 3.63) is 30.6 Å². The van der Waals surface area contributed by atoms with Gasteiger partial charge in [-0.3, -0.25) is 15.0 Å². The van der Waals surface area contributed by atoms with E-state index in [2.05, 4.69) is 20.2 Å². The first-order chi connectivity index (χ1) is 12.8. The Bertz CT molecular complexity index is 717. The Morgan fingerprint density at radius 1 is 1.19 bits per heavy atom. The number of pyridine rings is 1. The number of hydrogen-bond acceptors (Lipinski definition) is 7. The van der Waals surface area contributed by atoms with Gasteiger partial charge in [-0.05, 0) is 25.0 Å². The summed E-state index contributed by atoms with van der Waals surface area (Å²) in [6.45, 7) is 2.33. The van der Waals surface area contributed by atoms with E-state index >= 15 is 0 Å². The summed E-state index contributed by atoms with van der Waals surface area (Å²) < 4.78 is 0. The Labute approximate surface area is 152 Å². The van der Waals surface area contributed by atoms with Crippen LogP contribution in [0.4, 0.5) is 11.6 Å². The molecule has 1 fully saturated rings. The first kappa shape index (κ1) is 18.1. The topological polar surface area (TPSA) is 103 Å². The fourth-order valence-electron chi connectivity index (χ4n) is 2.97. The van der Waals surface area contributed by atoms with Gasteiger partial charge in [-0.25, -0.2) is 15.4 Å². The molecular weight excluding hydrogens is 332 g/mol. The van der Waals surface area contributed by atoms with Crippen LogP contribution in [0.3, 0.4) is 0 Å². The molecule has 1 aliphatic rings. The zero-order chi connectivity index (χ0) is 18.2. The maximum absolute atomic E-state index is 11.2. The quantitative estimate of drug-likeness (QED) is 0.538. The number of nitrogens with one attached hydrogen (secondary N) is 2. The number of rotatable bonds is 6. The molecule has 26 heavy (non-hydrogen) atoms. The average Bonchev–Trinajstić information content (AvgIpc) is 2.98. The molecule has 8 heteroatoms. The van der Waals surface area contributed by atoms with E-state index in [0.717, 1.165) is 37.3 Å². The summed E-state index contributed by atoms with van der Waals surface area (Å²) in [4.78, 5) is 26.9. The molecule has 2 aromatic rings.